The van der Waals surface area contributed by atoms with Crippen molar-refractivity contribution in [2.75, 3.05) is 81.0 Å². The third-order valence-corrected chi connectivity index (χ3v) is 21.0. The number of amides is 7. The number of imide groups is 1. The van der Waals surface area contributed by atoms with Crippen LogP contribution in [0.4, 0.5) is 27.1 Å². The van der Waals surface area contributed by atoms with E-state index in [-0.39, 0.29) is 89.7 Å². The topological polar surface area (TPSA) is 289 Å². The summed E-state index contributed by atoms with van der Waals surface area (Å²) in [6.07, 6.45) is 12.4. The fraction of sp³-hybridized carbons (Fsp3) is 0.493. The molecule has 3 aromatic carbocycles. The molecule has 12 rings (SSSR count). The van der Waals surface area contributed by atoms with Crippen LogP contribution in [0, 0.1) is 29.1 Å². The molecule has 4 atom stereocenters. The number of fused-ring (bicyclic) bond motifs is 2. The Morgan fingerprint density at radius 1 is 0.796 bits per heavy atom. The number of hydrogen-bond acceptors (Lipinski definition) is 17. The summed E-state index contributed by atoms with van der Waals surface area (Å²) in [6, 6.07) is 20.2. The van der Waals surface area contributed by atoms with Gasteiger partial charge in [0.15, 0.2) is 10.8 Å². The first-order valence-corrected chi connectivity index (χ1v) is 34.6. The number of likely N-dealkylation sites (N-methyl/N-ethyl adjacent to an activating group) is 2. The molecular formula is C73H90N12O12S. The number of carbonyl (C=O) groups excluding carboxylic acids is 7. The average Bonchev–Trinajstić information content (AvgIpc) is 0.870. The molecule has 5 heterocycles. The summed E-state index contributed by atoms with van der Waals surface area (Å²) < 4.78 is 20.8. The first kappa shape index (κ1) is 70.3. The molecule has 4 saturated carbocycles. The van der Waals surface area contributed by atoms with E-state index in [1.54, 1.807) is 65.4 Å². The lowest BCUT2D eigenvalue weighted by Gasteiger charge is -2.69. The van der Waals surface area contributed by atoms with Crippen molar-refractivity contribution in [1.29, 1.82) is 0 Å². The number of para-hydroxylation sites is 1. The van der Waals surface area contributed by atoms with Gasteiger partial charge in [-0.25, -0.2) is 19.6 Å². The molecule has 98 heavy (non-hydrogen) atoms. The molecule has 24 nitrogen and oxygen atoms in total. The number of nitrogens with one attached hydrogen (secondary N) is 4. The summed E-state index contributed by atoms with van der Waals surface area (Å²) in [4.78, 5) is 120. The van der Waals surface area contributed by atoms with Crippen molar-refractivity contribution >= 4 is 91.4 Å². The van der Waals surface area contributed by atoms with Crippen LogP contribution in [0.1, 0.15) is 142 Å². The number of benzene rings is 3. The third-order valence-electron chi connectivity index (χ3n) is 20.0. The van der Waals surface area contributed by atoms with Crippen LogP contribution in [0.25, 0.3) is 21.3 Å². The predicted octanol–water partition coefficient (Wildman–Crippen LogP) is 9.93. The smallest absolute Gasteiger partial charge is 0.409 e. The number of carboxylic acids is 1. The number of aromatic carboxylic acids is 1. The van der Waals surface area contributed by atoms with Gasteiger partial charge in [0.25, 0.3) is 17.7 Å². The average molecular weight is 1360 g/mol. The second kappa shape index (κ2) is 29.2. The van der Waals surface area contributed by atoms with Gasteiger partial charge in [-0.3, -0.25) is 43.7 Å². The number of thiazole rings is 1. The van der Waals surface area contributed by atoms with Gasteiger partial charge in [0.2, 0.25) is 17.7 Å². The zero-order chi connectivity index (χ0) is 69.8. The van der Waals surface area contributed by atoms with Crippen LogP contribution >= 0.6 is 11.3 Å². The van der Waals surface area contributed by atoms with Crippen molar-refractivity contribution in [1.82, 2.24) is 40.2 Å². The highest BCUT2D eigenvalue weighted by Crippen LogP contribution is 2.72. The maximum Gasteiger partial charge on any atom is 0.409 e. The van der Waals surface area contributed by atoms with Crippen LogP contribution in [0.5, 0.6) is 0 Å². The Hall–Kier alpha value is -9.07. The molecule has 25 heteroatoms. The van der Waals surface area contributed by atoms with Crippen molar-refractivity contribution in [3.63, 3.8) is 0 Å². The lowest BCUT2D eigenvalue weighted by molar-refractivity contribution is -0.250. The number of carbonyl (C=O) groups is 8. The number of aromatic nitrogens is 4. The maximum absolute atomic E-state index is 14.7. The molecule has 6 aromatic rings. The molecule has 2 aliphatic heterocycles. The van der Waals surface area contributed by atoms with E-state index in [0.29, 0.717) is 91.9 Å². The summed E-state index contributed by atoms with van der Waals surface area (Å²) in [5.74, 6) is -3.33. The Balaban J connectivity index is 0.697. The minimum Gasteiger partial charge on any atom is -0.476 e. The molecule has 4 bridgehead atoms. The monoisotopic (exact) mass is 1360 g/mol. The molecule has 5 N–H and O–H groups in total. The van der Waals surface area contributed by atoms with Crippen LogP contribution in [-0.4, -0.2) is 160 Å². The van der Waals surface area contributed by atoms with Gasteiger partial charge >= 0.3 is 12.1 Å². The lowest BCUT2D eigenvalue weighted by Crippen LogP contribution is -2.64. The van der Waals surface area contributed by atoms with Crippen LogP contribution in [-0.2, 0) is 64.3 Å². The molecule has 0 saturated heterocycles. The second-order valence-corrected chi connectivity index (χ2v) is 29.7. The summed E-state index contributed by atoms with van der Waals surface area (Å²) in [5.41, 5.74) is 6.85. The molecule has 4 aliphatic carbocycles. The van der Waals surface area contributed by atoms with Crippen molar-refractivity contribution < 1.29 is 57.7 Å². The summed E-state index contributed by atoms with van der Waals surface area (Å²) in [5, 5.41) is 27.6. The molecule has 4 fully saturated rings. The van der Waals surface area contributed by atoms with Crippen molar-refractivity contribution in [3.05, 3.63) is 125 Å². The SMILES string of the molecule is COCCOC12CC3(C)CC(C)(CC(Cn4ncc(-c5ccc(N6CCc7cc(N(C)CCN(C)C(=O)OCc8ccc(NC(=O)[C@H](C)NC(=O)C(NC(=O)CCCCCN9C(=O)C=CC9=O)C(C)C)cc8)cc(C(=O)Nc8nc9ccccc9s8)c7C6)nc5C(=O)O)c4C)(C3)C1)C2. The Bertz CT molecular complexity index is 4000. The number of rotatable bonds is 29. The first-order chi connectivity index (χ1) is 46.7. The molecule has 3 unspecified atom stereocenters. The molecular weight excluding hydrogens is 1270 g/mol. The van der Waals surface area contributed by atoms with Crippen molar-refractivity contribution in [2.24, 2.45) is 22.2 Å². The number of hydrogen-bond donors (Lipinski definition) is 5. The summed E-state index contributed by atoms with van der Waals surface area (Å²) >= 11 is 1.38. The summed E-state index contributed by atoms with van der Waals surface area (Å²) in [6.45, 7) is 15.5. The zero-order valence-electron chi connectivity index (χ0n) is 57.5. The third kappa shape index (κ3) is 15.9. The predicted molar refractivity (Wildman–Crippen MR) is 373 cm³/mol. The van der Waals surface area contributed by atoms with E-state index in [1.165, 1.54) is 34.8 Å². The summed E-state index contributed by atoms with van der Waals surface area (Å²) in [7, 11) is 5.24. The number of methoxy groups -OCH3 is 1. The van der Waals surface area contributed by atoms with Gasteiger partial charge in [-0.05, 0) is 159 Å². The largest absolute Gasteiger partial charge is 0.476 e. The highest BCUT2D eigenvalue weighted by Gasteiger charge is 2.66. The highest BCUT2D eigenvalue weighted by atomic mass is 32.1. The standard InChI is InChI=1S/C73H90N12O12S/c1-45(2)62(79-59(86)17-11-10-14-27-84-60(87)24-25-61(84)88)66(91)75-46(3)64(89)76-50-20-18-48(19-21-50)37-96-69(94)82(8)30-29-81(7)51-33-49-26-28-83(36-55(49)53(34-51)65(90)80-68-77-56-15-12-13-16-57(56)98-68)58-23-22-52(63(78-58)67(92)93)54-35-74-85(47(54)4)44-72-39-70(5)38-71(6,40-72)42-73(41-70,43-72)97-32-31-95-9/h12-13,15-16,18-25,33-35,45-46,62H,10-11,14,17,26-32,36-44H2,1-9H3,(H,75,91)(H,76,89)(H,79,86)(H,92,93)(H,77,80,90)/t46-,62?,70?,71?,72?,73?/m0/s1. The van der Waals surface area contributed by atoms with Crippen LogP contribution in [0.2, 0.25) is 0 Å². The van der Waals surface area contributed by atoms with Crippen molar-refractivity contribution in [3.8, 4) is 11.1 Å². The maximum atomic E-state index is 14.7. The minimum absolute atomic E-state index is 0.0227. The molecule has 0 radical (unpaired) electrons. The van der Waals surface area contributed by atoms with Crippen LogP contribution in [0.3, 0.4) is 0 Å². The fourth-order valence-electron chi connectivity index (χ4n) is 16.3. The van der Waals surface area contributed by atoms with E-state index in [9.17, 15) is 43.5 Å². The molecule has 0 spiro atoms. The van der Waals surface area contributed by atoms with E-state index < -0.39 is 36.0 Å². The van der Waals surface area contributed by atoms with Gasteiger partial charge in [0, 0.05) is 113 Å². The van der Waals surface area contributed by atoms with Gasteiger partial charge in [0.05, 0.1) is 35.2 Å². The quantitative estimate of drug-likeness (QED) is 0.0216. The zero-order valence-corrected chi connectivity index (χ0v) is 58.3. The molecule has 6 aliphatic rings. The van der Waals surface area contributed by atoms with Gasteiger partial charge < -0.3 is 50.0 Å². The minimum atomic E-state index is -1.16. The van der Waals surface area contributed by atoms with E-state index in [1.807, 2.05) is 66.2 Å². The van der Waals surface area contributed by atoms with Gasteiger partial charge in [-0.2, -0.15) is 5.10 Å². The number of unbranched alkanes of at least 4 members (excludes halogenated alkanes) is 2. The first-order valence-electron chi connectivity index (χ1n) is 33.8. The normalized spacial score (nSPS) is 21.3. The Labute approximate surface area is 575 Å². The van der Waals surface area contributed by atoms with Gasteiger partial charge in [0.1, 0.15) is 24.5 Å². The Kier molecular flexibility index (Phi) is 20.9. The fourth-order valence-corrected chi connectivity index (χ4v) is 17.1. The molecule has 7 amide bonds. The highest BCUT2D eigenvalue weighted by molar-refractivity contribution is 7.22. The Morgan fingerprint density at radius 2 is 1.53 bits per heavy atom. The number of ether oxygens (including phenoxy) is 3. The van der Waals surface area contributed by atoms with E-state index in [2.05, 4.69) is 45.9 Å². The van der Waals surface area contributed by atoms with E-state index in [0.717, 1.165) is 75.3 Å². The second-order valence-electron chi connectivity index (χ2n) is 28.7. The molecule has 3 aromatic heterocycles. The van der Waals surface area contributed by atoms with Crippen molar-refractivity contribution in [2.45, 2.75) is 150 Å². The van der Waals surface area contributed by atoms with Crippen LogP contribution < -0.4 is 31.1 Å². The van der Waals surface area contributed by atoms with E-state index >= 15 is 0 Å². The van der Waals surface area contributed by atoms with Crippen LogP contribution in [0.15, 0.2) is 91.1 Å². The number of carboxylic acid groups (broad SMARTS) is 1. The number of pyridine rings is 1. The van der Waals surface area contributed by atoms with E-state index in [4.69, 9.17) is 29.3 Å². The molecule has 520 valence electrons. The Morgan fingerprint density at radius 3 is 2.23 bits per heavy atom. The number of anilines is 4. The lowest BCUT2D eigenvalue weighted by atomic mass is 9.39. The van der Waals surface area contributed by atoms with Gasteiger partial charge in [-0.15, -0.1) is 0 Å². The number of nitrogens with zero attached hydrogens (tertiary/aromatic N) is 8. The van der Waals surface area contributed by atoms with Gasteiger partial charge in [-0.1, -0.05) is 69.7 Å².